The quantitative estimate of drug-likeness (QED) is 0.469. The van der Waals surface area contributed by atoms with Crippen molar-refractivity contribution in [3.63, 3.8) is 0 Å². The number of hydrogen-bond donors (Lipinski definition) is 1. The molecule has 4 aromatic rings. The first-order valence-electron chi connectivity index (χ1n) is 10.2. The number of allylic oxidation sites excluding steroid dienone is 1. The summed E-state index contributed by atoms with van der Waals surface area (Å²) in [5.41, 5.74) is 4.06. The lowest BCUT2D eigenvalue weighted by atomic mass is 10.1. The number of benzene rings is 2. The highest BCUT2D eigenvalue weighted by Crippen LogP contribution is 2.31. The van der Waals surface area contributed by atoms with Crippen LogP contribution in [-0.2, 0) is 24.3 Å². The molecular formula is C23H22N6OS. The third-order valence-electron chi connectivity index (χ3n) is 5.44. The Morgan fingerprint density at radius 1 is 1.16 bits per heavy atom. The number of amides is 1. The molecule has 0 bridgehead atoms. The van der Waals surface area contributed by atoms with E-state index in [0.29, 0.717) is 13.1 Å². The van der Waals surface area contributed by atoms with Crippen molar-refractivity contribution in [3.8, 4) is 0 Å². The molecule has 5 rings (SSSR count). The molecule has 3 heterocycles. The van der Waals surface area contributed by atoms with Gasteiger partial charge in [-0.2, -0.15) is 0 Å². The van der Waals surface area contributed by atoms with Crippen molar-refractivity contribution in [3.05, 3.63) is 78.9 Å². The van der Waals surface area contributed by atoms with Gasteiger partial charge in [-0.1, -0.05) is 48.2 Å². The number of aryl methyl sites for hydroxylation is 1. The Hall–Kier alpha value is -3.39. The molecule has 1 aliphatic rings. The summed E-state index contributed by atoms with van der Waals surface area (Å²) in [6.45, 7) is 5.01. The van der Waals surface area contributed by atoms with Gasteiger partial charge in [0.2, 0.25) is 5.91 Å². The number of rotatable bonds is 6. The third-order valence-corrected chi connectivity index (χ3v) is 6.68. The van der Waals surface area contributed by atoms with E-state index in [-0.39, 0.29) is 11.2 Å². The molecule has 31 heavy (non-hydrogen) atoms. The number of thioether (sulfide) groups is 1. The van der Waals surface area contributed by atoms with E-state index >= 15 is 0 Å². The van der Waals surface area contributed by atoms with Gasteiger partial charge in [-0.3, -0.25) is 4.79 Å². The fourth-order valence-corrected chi connectivity index (χ4v) is 4.91. The average molecular weight is 431 g/mol. The molecule has 156 valence electrons. The Bertz CT molecular complexity index is 1260. The van der Waals surface area contributed by atoms with Gasteiger partial charge >= 0.3 is 0 Å². The summed E-state index contributed by atoms with van der Waals surface area (Å²) in [6.07, 6.45) is 5.23. The number of nitrogens with zero attached hydrogens (tertiary/aromatic N) is 5. The molecule has 1 N–H and O–H groups in total. The Labute approximate surface area is 184 Å². The molecule has 0 saturated carbocycles. The maximum Gasteiger partial charge on any atom is 0.237 e. The van der Waals surface area contributed by atoms with Crippen molar-refractivity contribution >= 4 is 34.4 Å². The summed E-state index contributed by atoms with van der Waals surface area (Å²) in [7, 11) is 0. The number of anilines is 1. The van der Waals surface area contributed by atoms with Crippen LogP contribution in [0.3, 0.4) is 0 Å². The minimum atomic E-state index is -0.234. The zero-order chi connectivity index (χ0) is 21.2. The molecule has 0 aliphatic carbocycles. The molecule has 2 aromatic carbocycles. The lowest BCUT2D eigenvalue weighted by Crippen LogP contribution is -2.24. The molecule has 0 spiro atoms. The van der Waals surface area contributed by atoms with Gasteiger partial charge in [-0.25, -0.2) is 4.98 Å². The van der Waals surface area contributed by atoms with Gasteiger partial charge in [0.25, 0.3) is 0 Å². The molecule has 1 atom stereocenters. The molecule has 1 aliphatic heterocycles. The van der Waals surface area contributed by atoms with E-state index < -0.39 is 0 Å². The van der Waals surface area contributed by atoms with E-state index in [4.69, 9.17) is 0 Å². The molecule has 0 radical (unpaired) electrons. The predicted octanol–water partition coefficient (Wildman–Crippen LogP) is 3.91. The van der Waals surface area contributed by atoms with E-state index in [0.717, 1.165) is 40.5 Å². The number of hydrogen-bond acceptors (Lipinski definition) is 5. The van der Waals surface area contributed by atoms with Crippen molar-refractivity contribution in [1.82, 2.24) is 24.3 Å². The zero-order valence-electron chi connectivity index (χ0n) is 16.9. The van der Waals surface area contributed by atoms with Gasteiger partial charge < -0.3 is 14.5 Å². The Morgan fingerprint density at radius 3 is 2.90 bits per heavy atom. The Kier molecular flexibility index (Phi) is 5.30. The SMILES string of the molecule is C=CCn1c(Cn2cnc3ccccc32)nnc1S[C@H]1CCc2ccccc2NC1=O. The van der Waals surface area contributed by atoms with E-state index in [9.17, 15) is 4.79 Å². The van der Waals surface area contributed by atoms with E-state index in [1.165, 1.54) is 17.3 Å². The summed E-state index contributed by atoms with van der Waals surface area (Å²) < 4.78 is 4.08. The van der Waals surface area contributed by atoms with Crippen LogP contribution in [0.5, 0.6) is 0 Å². The smallest absolute Gasteiger partial charge is 0.237 e. The van der Waals surface area contributed by atoms with Gasteiger partial charge in [0.15, 0.2) is 11.0 Å². The molecule has 7 nitrogen and oxygen atoms in total. The second-order valence-electron chi connectivity index (χ2n) is 7.45. The predicted molar refractivity (Wildman–Crippen MR) is 122 cm³/mol. The average Bonchev–Trinajstić information content (AvgIpc) is 3.32. The van der Waals surface area contributed by atoms with Crippen LogP contribution in [0.15, 0.2) is 72.7 Å². The van der Waals surface area contributed by atoms with Gasteiger partial charge in [-0.05, 0) is 36.6 Å². The number of aromatic nitrogens is 5. The second-order valence-corrected chi connectivity index (χ2v) is 8.62. The summed E-state index contributed by atoms with van der Waals surface area (Å²) >= 11 is 1.46. The fourth-order valence-electron chi connectivity index (χ4n) is 3.86. The Balaban J connectivity index is 1.39. The minimum Gasteiger partial charge on any atom is -0.325 e. The first kappa shape index (κ1) is 19.6. The molecule has 0 fully saturated rings. The number of imidazole rings is 1. The molecule has 8 heteroatoms. The number of nitrogens with one attached hydrogen (secondary N) is 1. The summed E-state index contributed by atoms with van der Waals surface area (Å²) in [5, 5.41) is 12.4. The summed E-state index contributed by atoms with van der Waals surface area (Å²) in [4.78, 5) is 17.3. The highest BCUT2D eigenvalue weighted by molar-refractivity contribution is 8.00. The van der Waals surface area contributed by atoms with Crippen LogP contribution in [0.25, 0.3) is 11.0 Å². The van der Waals surface area contributed by atoms with Gasteiger partial charge in [0.05, 0.1) is 29.2 Å². The van der Waals surface area contributed by atoms with Crippen LogP contribution in [0.1, 0.15) is 17.8 Å². The van der Waals surface area contributed by atoms with E-state index in [2.05, 4.69) is 37.7 Å². The topological polar surface area (TPSA) is 77.6 Å². The van der Waals surface area contributed by atoms with Crippen molar-refractivity contribution in [1.29, 1.82) is 0 Å². The van der Waals surface area contributed by atoms with Gasteiger partial charge in [-0.15, -0.1) is 16.8 Å². The van der Waals surface area contributed by atoms with Crippen LogP contribution in [0.2, 0.25) is 0 Å². The van der Waals surface area contributed by atoms with E-state index in [1.54, 1.807) is 0 Å². The highest BCUT2D eigenvalue weighted by Gasteiger charge is 2.27. The van der Waals surface area contributed by atoms with Crippen LogP contribution < -0.4 is 5.32 Å². The molecule has 0 saturated heterocycles. The van der Waals surface area contributed by atoms with Crippen LogP contribution in [-0.4, -0.2) is 35.5 Å². The third kappa shape index (κ3) is 3.86. The zero-order valence-corrected chi connectivity index (χ0v) is 17.8. The lowest BCUT2D eigenvalue weighted by Gasteiger charge is -2.14. The first-order valence-corrected chi connectivity index (χ1v) is 11.1. The maximum absolute atomic E-state index is 12.8. The van der Waals surface area contributed by atoms with Gasteiger partial charge in [0.1, 0.15) is 0 Å². The van der Waals surface area contributed by atoms with Crippen molar-refractivity contribution in [2.45, 2.75) is 36.3 Å². The number of fused-ring (bicyclic) bond motifs is 2. The van der Waals surface area contributed by atoms with Crippen LogP contribution >= 0.6 is 11.8 Å². The van der Waals surface area contributed by atoms with E-state index in [1.807, 2.05) is 59.4 Å². The van der Waals surface area contributed by atoms with Crippen LogP contribution in [0.4, 0.5) is 5.69 Å². The highest BCUT2D eigenvalue weighted by atomic mass is 32.2. The first-order chi connectivity index (χ1) is 15.2. The van der Waals surface area contributed by atoms with Crippen LogP contribution in [0, 0.1) is 0 Å². The normalized spacial score (nSPS) is 16.0. The standard InChI is InChI=1S/C23H22N6OS/c1-2-13-29-21(14-28-15-24-18-9-5-6-10-19(18)28)26-27-23(29)31-20-12-11-16-7-3-4-8-17(16)25-22(20)30/h2-10,15,20H,1,11-14H2,(H,25,30)/t20-/m0/s1. The minimum absolute atomic E-state index is 0.00487. The van der Waals surface area contributed by atoms with Crippen molar-refractivity contribution in [2.24, 2.45) is 0 Å². The van der Waals surface area contributed by atoms with Gasteiger partial charge in [0, 0.05) is 12.2 Å². The lowest BCUT2D eigenvalue weighted by molar-refractivity contribution is -0.115. The molecule has 1 amide bonds. The Morgan fingerprint density at radius 2 is 2.00 bits per heavy atom. The molecular weight excluding hydrogens is 408 g/mol. The molecule has 0 unspecified atom stereocenters. The number of para-hydroxylation sites is 3. The summed E-state index contributed by atoms with van der Waals surface area (Å²) in [6, 6.07) is 16.0. The maximum atomic E-state index is 12.8. The molecule has 2 aromatic heterocycles. The monoisotopic (exact) mass is 430 g/mol. The number of carbonyl (C=O) groups excluding carboxylic acids is 1. The van der Waals surface area contributed by atoms with Crippen molar-refractivity contribution < 1.29 is 4.79 Å². The van der Waals surface area contributed by atoms with Crippen molar-refractivity contribution in [2.75, 3.05) is 5.32 Å². The fraction of sp³-hybridized carbons (Fsp3) is 0.217. The summed E-state index contributed by atoms with van der Waals surface area (Å²) in [5.74, 6) is 0.813. The number of carbonyl (C=O) groups is 1. The second kappa shape index (κ2) is 8.39. The largest absolute Gasteiger partial charge is 0.325 e.